The van der Waals surface area contributed by atoms with Crippen molar-refractivity contribution in [3.8, 4) is 5.75 Å². The molecule has 26 nitrogen and oxygen atoms in total. The van der Waals surface area contributed by atoms with Crippen molar-refractivity contribution >= 4 is 94.6 Å². The van der Waals surface area contributed by atoms with Crippen molar-refractivity contribution in [1.29, 1.82) is 0 Å². The summed E-state index contributed by atoms with van der Waals surface area (Å²) in [5.74, 6) is -9.53. The van der Waals surface area contributed by atoms with Crippen molar-refractivity contribution in [3.63, 3.8) is 0 Å². The molecule has 4 aromatic carbocycles. The largest absolute Gasteiger partial charge is 0.508 e. The van der Waals surface area contributed by atoms with Crippen molar-refractivity contribution in [2.75, 3.05) is 24.6 Å². The number of phenolic OH excluding ortho intramolecular Hbond substituents is 1. The van der Waals surface area contributed by atoms with Gasteiger partial charge in [0.05, 0.1) is 13.0 Å². The van der Waals surface area contributed by atoms with Gasteiger partial charge in [-0.25, -0.2) is 4.79 Å². The fraction of sp³-hybridized carbons (Fsp3) is 0.429. The second-order valence-corrected chi connectivity index (χ2v) is 23.8. The number of alkyl carbamates (subject to hydrolysis) is 1. The van der Waals surface area contributed by atoms with Crippen LogP contribution in [0.2, 0.25) is 0 Å². The van der Waals surface area contributed by atoms with Gasteiger partial charge in [0, 0.05) is 42.4 Å². The highest BCUT2D eigenvalue weighted by molar-refractivity contribution is 7.98. The first-order chi connectivity index (χ1) is 43.5. The van der Waals surface area contributed by atoms with Gasteiger partial charge in [-0.05, 0) is 66.0 Å². The Morgan fingerprint density at radius 1 is 0.549 bits per heavy atom. The number of nitrogens with one attached hydrogen (secondary N) is 8. The van der Waals surface area contributed by atoms with E-state index in [1.807, 2.05) is 60.7 Å². The van der Waals surface area contributed by atoms with Gasteiger partial charge < -0.3 is 74.5 Å². The van der Waals surface area contributed by atoms with E-state index in [-0.39, 0.29) is 56.1 Å². The lowest BCUT2D eigenvalue weighted by atomic mass is 9.96. The van der Waals surface area contributed by atoms with Crippen LogP contribution in [0.4, 0.5) is 4.79 Å². The third-order valence-corrected chi connectivity index (χ3v) is 16.9. The number of primary amides is 3. The molecule has 9 atom stereocenters. The summed E-state index contributed by atoms with van der Waals surface area (Å²) in [7, 11) is 0. The van der Waals surface area contributed by atoms with Crippen molar-refractivity contribution in [3.05, 3.63) is 138 Å². The maximum atomic E-state index is 14.7. The smallest absolute Gasteiger partial charge is 0.408 e. The highest BCUT2D eigenvalue weighted by Crippen LogP contribution is 2.23. The van der Waals surface area contributed by atoms with Gasteiger partial charge in [-0.1, -0.05) is 130 Å². The summed E-state index contributed by atoms with van der Waals surface area (Å²) in [5.41, 5.74) is 19.3. The normalized spacial score (nSPS) is 15.2. The number of amides is 12. The Hall–Kier alpha value is -9.18. The molecule has 91 heavy (non-hydrogen) atoms. The zero-order valence-electron chi connectivity index (χ0n) is 51.0. The number of thioether (sulfide) groups is 2. The predicted octanol–water partition coefficient (Wildman–Crippen LogP) is 1.19. The van der Waals surface area contributed by atoms with E-state index in [1.54, 1.807) is 51.1 Å². The molecule has 1 fully saturated rings. The standard InChI is InChI=1S/C63H82N12O14S2/c1-4-38(3)54(74-58(83)46(30-39-23-25-43(76)26-24-39)70-59(84)48(36-90-34-41-18-11-7-12-19-41)73-63(88)89-33-40-16-9-6-10-17-40)61(86)69-45(27-28-51(64)77)56(81)71-47(31-52(65)78)57(82)72-49(37-91-35-42-20-13-8-14-21-42)62(87)75-29-15-22-50(75)60(85)68-44(5-2)55(80)67-32-53(66)79/h6-14,16-21,23-26,38,44-50,54,76H,4-5,15,22,27-37H2,1-3H3,(H2,64,77)(H2,65,78)(H2,66,79)(H,67,80)(H,68,85)(H,69,86)(H,70,84)(H,71,81)(H,72,82)(H,73,88)(H,74,83)/t38-,44-,45-,46-,47-,48-,49-,50-,54-/m0/s1. The summed E-state index contributed by atoms with van der Waals surface area (Å²) in [6.07, 6.45) is -1.91. The molecule has 4 aromatic rings. The number of hydrogen-bond donors (Lipinski definition) is 12. The van der Waals surface area contributed by atoms with Gasteiger partial charge in [0.15, 0.2) is 0 Å². The van der Waals surface area contributed by atoms with Crippen molar-refractivity contribution in [2.24, 2.45) is 23.1 Å². The van der Waals surface area contributed by atoms with Crippen LogP contribution < -0.4 is 59.7 Å². The quantitative estimate of drug-likeness (QED) is 0.0302. The van der Waals surface area contributed by atoms with Gasteiger partial charge in [-0.3, -0.25) is 52.7 Å². The molecule has 0 aliphatic carbocycles. The Bertz CT molecular complexity index is 3120. The zero-order chi connectivity index (χ0) is 66.4. The molecular formula is C63H82N12O14S2. The van der Waals surface area contributed by atoms with Gasteiger partial charge in [-0.2, -0.15) is 23.5 Å². The molecule has 490 valence electrons. The number of hydrogen-bond acceptors (Lipinski definition) is 16. The first kappa shape index (κ1) is 72.6. The minimum Gasteiger partial charge on any atom is -0.508 e. The zero-order valence-corrected chi connectivity index (χ0v) is 52.7. The van der Waals surface area contributed by atoms with Crippen molar-refractivity contribution in [2.45, 2.75) is 139 Å². The number of aromatic hydroxyl groups is 1. The van der Waals surface area contributed by atoms with E-state index < -0.39 is 151 Å². The Balaban J connectivity index is 1.37. The lowest BCUT2D eigenvalue weighted by molar-refractivity contribution is -0.142. The summed E-state index contributed by atoms with van der Waals surface area (Å²) < 4.78 is 5.46. The molecule has 0 spiro atoms. The SMILES string of the molecule is CC[C@H](NC(=O)[C@@H]1CCCN1C(=O)[C@H](CSCc1ccccc1)NC(=O)[C@H](CC(N)=O)NC(=O)[C@H](CCC(N)=O)NC(=O)[C@@H](NC(=O)[C@H](Cc1ccc(O)cc1)NC(=O)[C@H](CSCc1ccccc1)NC(=O)OCc1ccccc1)[C@@H](C)CC)C(=O)NCC(N)=O. The molecule has 1 saturated heterocycles. The Kier molecular flexibility index (Phi) is 30.1. The second kappa shape index (κ2) is 37.7. The first-order valence-corrected chi connectivity index (χ1v) is 32.1. The van der Waals surface area contributed by atoms with Crippen molar-refractivity contribution in [1.82, 2.24) is 47.4 Å². The van der Waals surface area contributed by atoms with Crippen LogP contribution in [0.15, 0.2) is 115 Å². The lowest BCUT2D eigenvalue weighted by Crippen LogP contribution is -2.61. The van der Waals surface area contributed by atoms with Crippen LogP contribution >= 0.6 is 23.5 Å². The monoisotopic (exact) mass is 1290 g/mol. The molecule has 5 rings (SSSR count). The second-order valence-electron chi connectivity index (χ2n) is 21.8. The van der Waals surface area contributed by atoms with Crippen LogP contribution in [-0.4, -0.2) is 154 Å². The van der Waals surface area contributed by atoms with E-state index in [1.165, 1.54) is 52.7 Å². The number of ether oxygens (including phenoxy) is 1. The molecule has 0 radical (unpaired) electrons. The summed E-state index contributed by atoms with van der Waals surface area (Å²) in [6, 6.07) is 22.1. The summed E-state index contributed by atoms with van der Waals surface area (Å²) in [5, 5.41) is 30.8. The minimum atomic E-state index is -1.80. The van der Waals surface area contributed by atoms with E-state index in [9.17, 15) is 62.6 Å². The van der Waals surface area contributed by atoms with E-state index in [2.05, 4.69) is 42.5 Å². The average molecular weight is 1300 g/mol. The summed E-state index contributed by atoms with van der Waals surface area (Å²) in [6.45, 7) is 4.50. The third kappa shape index (κ3) is 25.0. The van der Waals surface area contributed by atoms with Gasteiger partial charge >= 0.3 is 6.09 Å². The maximum absolute atomic E-state index is 14.7. The van der Waals surface area contributed by atoms with Gasteiger partial charge in [-0.15, -0.1) is 0 Å². The highest BCUT2D eigenvalue weighted by atomic mass is 32.2. The van der Waals surface area contributed by atoms with Gasteiger partial charge in [0.25, 0.3) is 0 Å². The topological polar surface area (TPSA) is 412 Å². The summed E-state index contributed by atoms with van der Waals surface area (Å²) >= 11 is 2.59. The number of phenols is 1. The number of nitrogens with zero attached hydrogens (tertiary/aromatic N) is 1. The predicted molar refractivity (Wildman–Crippen MR) is 341 cm³/mol. The summed E-state index contributed by atoms with van der Waals surface area (Å²) in [4.78, 5) is 165. The number of likely N-dealkylation sites (tertiary alicyclic amines) is 1. The minimum absolute atomic E-state index is 0.0290. The fourth-order valence-electron chi connectivity index (χ4n) is 9.50. The van der Waals surface area contributed by atoms with Crippen LogP contribution in [0.5, 0.6) is 5.75 Å². The van der Waals surface area contributed by atoms with Crippen LogP contribution in [0.3, 0.4) is 0 Å². The fourth-order valence-corrected chi connectivity index (χ4v) is 11.5. The molecular weight excluding hydrogens is 1210 g/mol. The number of carbonyl (C=O) groups is 12. The number of rotatable bonds is 37. The van der Waals surface area contributed by atoms with Crippen LogP contribution in [0, 0.1) is 5.92 Å². The van der Waals surface area contributed by atoms with Gasteiger partial charge in [0.1, 0.15) is 60.7 Å². The molecule has 15 N–H and O–H groups in total. The van der Waals surface area contributed by atoms with Gasteiger partial charge in [0.2, 0.25) is 65.0 Å². The van der Waals surface area contributed by atoms with E-state index >= 15 is 0 Å². The highest BCUT2D eigenvalue weighted by Gasteiger charge is 2.41. The van der Waals surface area contributed by atoms with Crippen molar-refractivity contribution < 1.29 is 67.4 Å². The lowest BCUT2D eigenvalue weighted by Gasteiger charge is -2.31. The maximum Gasteiger partial charge on any atom is 0.408 e. The molecule has 0 unspecified atom stereocenters. The Morgan fingerprint density at radius 3 is 1.64 bits per heavy atom. The number of benzene rings is 4. The molecule has 0 aromatic heterocycles. The van der Waals surface area contributed by atoms with E-state index in [0.717, 1.165) is 11.1 Å². The molecule has 1 aliphatic rings. The van der Waals surface area contributed by atoms with Crippen LogP contribution in [-0.2, 0) is 82.0 Å². The Labute approximate surface area is 536 Å². The number of nitrogens with two attached hydrogens (primary N) is 3. The number of carbonyl (C=O) groups excluding carboxylic acids is 12. The molecule has 12 amide bonds. The molecule has 0 bridgehead atoms. The molecule has 0 saturated carbocycles. The Morgan fingerprint density at radius 2 is 1.08 bits per heavy atom. The van der Waals surface area contributed by atoms with E-state index in [4.69, 9.17) is 21.9 Å². The van der Waals surface area contributed by atoms with E-state index in [0.29, 0.717) is 29.1 Å². The molecule has 1 heterocycles. The molecule has 28 heteroatoms. The average Bonchev–Trinajstić information content (AvgIpc) is 2.20. The third-order valence-electron chi connectivity index (χ3n) is 14.7. The molecule has 1 aliphatic heterocycles. The first-order valence-electron chi connectivity index (χ1n) is 29.8. The van der Waals surface area contributed by atoms with Crippen LogP contribution in [0.25, 0.3) is 0 Å². The van der Waals surface area contributed by atoms with Crippen LogP contribution in [0.1, 0.15) is 88.0 Å².